The van der Waals surface area contributed by atoms with E-state index in [1.54, 1.807) is 12.1 Å². The molecule has 4 rings (SSSR count). The largest absolute Gasteiger partial charge is 0.448 e. The summed E-state index contributed by atoms with van der Waals surface area (Å²) in [5.41, 5.74) is 4.12. The summed E-state index contributed by atoms with van der Waals surface area (Å²) in [5.74, 6) is 0.832. The summed E-state index contributed by atoms with van der Waals surface area (Å²) < 4.78 is 19.1. The van der Waals surface area contributed by atoms with Gasteiger partial charge in [-0.05, 0) is 55.2 Å². The predicted octanol–water partition coefficient (Wildman–Crippen LogP) is 5.38. The van der Waals surface area contributed by atoms with Gasteiger partial charge >= 0.3 is 0 Å². The molecule has 1 aromatic carbocycles. The summed E-state index contributed by atoms with van der Waals surface area (Å²) in [6, 6.07) is 8.51. The van der Waals surface area contributed by atoms with E-state index in [4.69, 9.17) is 16.0 Å². The van der Waals surface area contributed by atoms with E-state index in [9.17, 15) is 4.39 Å². The summed E-state index contributed by atoms with van der Waals surface area (Å²) >= 11 is 6.19. The molecule has 0 bridgehead atoms. The molecule has 1 saturated carbocycles. The standard InChI is InChI=1S/C18H14ClFN2O/c1-10-18(21-9-23-10)15-8-13(20)4-5-14(15)12-6-16(11-2-3-11)22-17(19)7-12/h4-9,11H,2-3H2,1H3. The van der Waals surface area contributed by atoms with Gasteiger partial charge in [0.2, 0.25) is 0 Å². The first kappa shape index (κ1) is 14.4. The Morgan fingerprint density at radius 3 is 2.70 bits per heavy atom. The number of aromatic nitrogens is 2. The number of rotatable bonds is 3. The van der Waals surface area contributed by atoms with E-state index >= 15 is 0 Å². The molecule has 116 valence electrons. The molecule has 5 heteroatoms. The fourth-order valence-electron chi connectivity index (χ4n) is 2.79. The van der Waals surface area contributed by atoms with Gasteiger partial charge in [-0.2, -0.15) is 0 Å². The van der Waals surface area contributed by atoms with Crippen LogP contribution in [0.4, 0.5) is 4.39 Å². The zero-order valence-corrected chi connectivity index (χ0v) is 13.3. The van der Waals surface area contributed by atoms with E-state index < -0.39 is 0 Å². The summed E-state index contributed by atoms with van der Waals surface area (Å²) in [7, 11) is 0. The second-order valence-corrected chi connectivity index (χ2v) is 6.21. The van der Waals surface area contributed by atoms with Crippen molar-refractivity contribution in [3.05, 3.63) is 59.1 Å². The van der Waals surface area contributed by atoms with Crippen LogP contribution in [0.2, 0.25) is 5.15 Å². The molecule has 3 aromatic rings. The highest BCUT2D eigenvalue weighted by Gasteiger charge is 2.26. The van der Waals surface area contributed by atoms with Gasteiger partial charge in [0, 0.05) is 17.2 Å². The lowest BCUT2D eigenvalue weighted by molar-refractivity contribution is 0.527. The highest BCUT2D eigenvalue weighted by molar-refractivity contribution is 6.29. The molecule has 0 spiro atoms. The molecule has 3 nitrogen and oxygen atoms in total. The number of hydrogen-bond acceptors (Lipinski definition) is 3. The van der Waals surface area contributed by atoms with Crippen LogP contribution in [0.1, 0.15) is 30.2 Å². The highest BCUT2D eigenvalue weighted by atomic mass is 35.5. The molecular weight excluding hydrogens is 315 g/mol. The average Bonchev–Trinajstić information content (AvgIpc) is 3.28. The number of nitrogens with zero attached hydrogens (tertiary/aromatic N) is 2. The van der Waals surface area contributed by atoms with Gasteiger partial charge in [-0.3, -0.25) is 0 Å². The van der Waals surface area contributed by atoms with E-state index in [0.717, 1.165) is 29.7 Å². The molecule has 0 aliphatic heterocycles. The molecule has 1 fully saturated rings. The SMILES string of the molecule is Cc1ocnc1-c1cc(F)ccc1-c1cc(Cl)nc(C2CC2)c1. The van der Waals surface area contributed by atoms with E-state index in [2.05, 4.69) is 9.97 Å². The molecule has 0 unspecified atom stereocenters. The van der Waals surface area contributed by atoms with Crippen molar-refractivity contribution in [1.29, 1.82) is 0 Å². The van der Waals surface area contributed by atoms with Crippen LogP contribution in [0, 0.1) is 12.7 Å². The minimum atomic E-state index is -0.311. The second-order valence-electron chi connectivity index (χ2n) is 5.82. The minimum absolute atomic E-state index is 0.311. The van der Waals surface area contributed by atoms with E-state index in [0.29, 0.717) is 28.1 Å². The molecule has 2 heterocycles. The zero-order chi connectivity index (χ0) is 16.0. The summed E-state index contributed by atoms with van der Waals surface area (Å²) in [4.78, 5) is 8.63. The predicted molar refractivity (Wildman–Crippen MR) is 86.9 cm³/mol. The third kappa shape index (κ3) is 2.75. The van der Waals surface area contributed by atoms with Gasteiger partial charge in [0.1, 0.15) is 22.4 Å². The van der Waals surface area contributed by atoms with Crippen LogP contribution in [0.5, 0.6) is 0 Å². The number of hydrogen-bond donors (Lipinski definition) is 0. The van der Waals surface area contributed by atoms with Crippen LogP contribution in [0.3, 0.4) is 0 Å². The van der Waals surface area contributed by atoms with Crippen molar-refractivity contribution < 1.29 is 8.81 Å². The number of benzene rings is 1. The molecule has 1 aliphatic rings. The van der Waals surface area contributed by atoms with Gasteiger partial charge in [-0.1, -0.05) is 17.7 Å². The third-order valence-electron chi connectivity index (χ3n) is 4.10. The topological polar surface area (TPSA) is 38.9 Å². The number of halogens is 2. The lowest BCUT2D eigenvalue weighted by Crippen LogP contribution is -1.93. The Morgan fingerprint density at radius 1 is 1.17 bits per heavy atom. The van der Waals surface area contributed by atoms with Crippen molar-refractivity contribution in [1.82, 2.24) is 9.97 Å². The fraction of sp³-hybridized carbons (Fsp3) is 0.222. The molecular formula is C18H14ClFN2O. The maximum absolute atomic E-state index is 13.8. The normalized spacial score (nSPS) is 14.2. The molecule has 0 radical (unpaired) electrons. The number of oxazole rings is 1. The van der Waals surface area contributed by atoms with Crippen molar-refractivity contribution in [2.75, 3.05) is 0 Å². The Balaban J connectivity index is 1.91. The quantitative estimate of drug-likeness (QED) is 0.606. The van der Waals surface area contributed by atoms with Crippen LogP contribution in [0.25, 0.3) is 22.4 Å². The molecule has 0 amide bonds. The van der Waals surface area contributed by atoms with Crippen LogP contribution >= 0.6 is 11.6 Å². The van der Waals surface area contributed by atoms with Crippen molar-refractivity contribution >= 4 is 11.6 Å². The molecule has 23 heavy (non-hydrogen) atoms. The summed E-state index contributed by atoms with van der Waals surface area (Å²) in [6.45, 7) is 1.81. The molecule has 2 aromatic heterocycles. The van der Waals surface area contributed by atoms with Crippen LogP contribution in [-0.4, -0.2) is 9.97 Å². The lowest BCUT2D eigenvalue weighted by atomic mass is 9.96. The summed E-state index contributed by atoms with van der Waals surface area (Å²) in [6.07, 6.45) is 3.66. The maximum Gasteiger partial charge on any atom is 0.181 e. The number of aryl methyl sites for hydroxylation is 1. The van der Waals surface area contributed by atoms with Gasteiger partial charge in [0.05, 0.1) is 0 Å². The first-order valence-corrected chi connectivity index (χ1v) is 7.87. The first-order chi connectivity index (χ1) is 11.1. The van der Waals surface area contributed by atoms with Gasteiger partial charge in [0.15, 0.2) is 6.39 Å². The Bertz CT molecular complexity index is 886. The van der Waals surface area contributed by atoms with E-state index in [1.165, 1.54) is 18.5 Å². The van der Waals surface area contributed by atoms with Crippen molar-refractivity contribution in [3.8, 4) is 22.4 Å². The van der Waals surface area contributed by atoms with Crippen molar-refractivity contribution in [2.24, 2.45) is 0 Å². The lowest BCUT2D eigenvalue weighted by Gasteiger charge is -2.11. The van der Waals surface area contributed by atoms with Gasteiger partial charge in [-0.25, -0.2) is 14.4 Å². The van der Waals surface area contributed by atoms with E-state index in [-0.39, 0.29) is 5.82 Å². The molecule has 0 N–H and O–H groups in total. The first-order valence-electron chi connectivity index (χ1n) is 7.49. The van der Waals surface area contributed by atoms with Crippen LogP contribution in [0.15, 0.2) is 41.1 Å². The smallest absolute Gasteiger partial charge is 0.181 e. The van der Waals surface area contributed by atoms with Gasteiger partial charge in [-0.15, -0.1) is 0 Å². The van der Waals surface area contributed by atoms with Crippen molar-refractivity contribution in [3.63, 3.8) is 0 Å². The monoisotopic (exact) mass is 328 g/mol. The Labute approximate surface area is 138 Å². The molecule has 1 aliphatic carbocycles. The molecule has 0 saturated heterocycles. The second kappa shape index (κ2) is 5.46. The Hall–Kier alpha value is -2.20. The van der Waals surface area contributed by atoms with Gasteiger partial charge in [0.25, 0.3) is 0 Å². The number of pyridine rings is 1. The van der Waals surface area contributed by atoms with E-state index in [1.807, 2.05) is 13.0 Å². The zero-order valence-electron chi connectivity index (χ0n) is 12.5. The third-order valence-corrected chi connectivity index (χ3v) is 4.30. The molecule has 0 atom stereocenters. The van der Waals surface area contributed by atoms with Crippen molar-refractivity contribution in [2.45, 2.75) is 25.7 Å². The van der Waals surface area contributed by atoms with Crippen LogP contribution in [-0.2, 0) is 0 Å². The summed E-state index contributed by atoms with van der Waals surface area (Å²) in [5, 5.41) is 0.455. The Morgan fingerprint density at radius 2 is 2.00 bits per heavy atom. The highest BCUT2D eigenvalue weighted by Crippen LogP contribution is 2.42. The van der Waals surface area contributed by atoms with Crippen LogP contribution < -0.4 is 0 Å². The Kier molecular flexibility index (Phi) is 3.42. The van der Waals surface area contributed by atoms with Gasteiger partial charge < -0.3 is 4.42 Å². The average molecular weight is 329 g/mol. The fourth-order valence-corrected chi connectivity index (χ4v) is 3.00. The maximum atomic E-state index is 13.8. The minimum Gasteiger partial charge on any atom is -0.448 e.